The topological polar surface area (TPSA) is 109 Å². The van der Waals surface area contributed by atoms with E-state index in [-0.39, 0.29) is 33.7 Å². The van der Waals surface area contributed by atoms with E-state index in [0.29, 0.717) is 0 Å². The van der Waals surface area contributed by atoms with Gasteiger partial charge in [0, 0.05) is 20.0 Å². The zero-order valence-electron chi connectivity index (χ0n) is 13.5. The van der Waals surface area contributed by atoms with Crippen LogP contribution in [0.1, 0.15) is 6.92 Å². The van der Waals surface area contributed by atoms with Gasteiger partial charge in [0.1, 0.15) is 0 Å². The molecule has 1 amide bonds. The second-order valence-corrected chi connectivity index (χ2v) is 8.89. The van der Waals surface area contributed by atoms with Gasteiger partial charge in [-0.05, 0) is 30.3 Å². The van der Waals surface area contributed by atoms with Crippen LogP contribution in [0.15, 0.2) is 69.3 Å². The van der Waals surface area contributed by atoms with Crippen LogP contribution in [0.2, 0.25) is 0 Å². The number of hydrogen-bond acceptors (Lipinski definition) is 5. The maximum absolute atomic E-state index is 12.6. The standard InChI is InChI=1S/C16H18N2O5S2/c1-13(19)17-10-11-18-25(22,23)16-9-5-8-15(12-16)24(20,21)14-6-3-2-4-7-14/h2-9,12,18H,10-11H2,1H3,(H,17,19). The van der Waals surface area contributed by atoms with E-state index in [2.05, 4.69) is 10.0 Å². The number of nitrogens with one attached hydrogen (secondary N) is 2. The first-order valence-corrected chi connectivity index (χ1v) is 10.3. The average molecular weight is 382 g/mol. The summed E-state index contributed by atoms with van der Waals surface area (Å²) in [5.41, 5.74) is 0. The molecule has 0 aromatic heterocycles. The third-order valence-electron chi connectivity index (χ3n) is 3.27. The lowest BCUT2D eigenvalue weighted by Crippen LogP contribution is -2.33. The summed E-state index contributed by atoms with van der Waals surface area (Å²) in [6, 6.07) is 12.9. The monoisotopic (exact) mass is 382 g/mol. The molecule has 134 valence electrons. The van der Waals surface area contributed by atoms with Crippen LogP contribution in [0.25, 0.3) is 0 Å². The van der Waals surface area contributed by atoms with E-state index >= 15 is 0 Å². The third kappa shape index (κ3) is 4.88. The van der Waals surface area contributed by atoms with Gasteiger partial charge in [-0.15, -0.1) is 0 Å². The molecule has 0 spiro atoms. The lowest BCUT2D eigenvalue weighted by molar-refractivity contribution is -0.118. The van der Waals surface area contributed by atoms with E-state index in [0.717, 1.165) is 6.07 Å². The number of sulfone groups is 1. The zero-order valence-corrected chi connectivity index (χ0v) is 15.1. The highest BCUT2D eigenvalue weighted by atomic mass is 32.2. The Bertz CT molecular complexity index is 955. The molecule has 0 radical (unpaired) electrons. The van der Waals surface area contributed by atoms with Crippen molar-refractivity contribution in [1.29, 1.82) is 0 Å². The number of amides is 1. The first-order chi connectivity index (χ1) is 11.7. The number of carbonyl (C=O) groups excluding carboxylic acids is 1. The molecule has 0 bridgehead atoms. The fourth-order valence-electron chi connectivity index (χ4n) is 2.05. The number of rotatable bonds is 7. The van der Waals surface area contributed by atoms with Gasteiger partial charge in [-0.1, -0.05) is 24.3 Å². The SMILES string of the molecule is CC(=O)NCCNS(=O)(=O)c1cccc(S(=O)(=O)c2ccccc2)c1. The highest BCUT2D eigenvalue weighted by Gasteiger charge is 2.21. The fraction of sp³-hybridized carbons (Fsp3) is 0.188. The molecule has 0 saturated heterocycles. The minimum Gasteiger partial charge on any atom is -0.355 e. The van der Waals surface area contributed by atoms with Crippen LogP contribution in [0.4, 0.5) is 0 Å². The number of hydrogen-bond donors (Lipinski definition) is 2. The van der Waals surface area contributed by atoms with E-state index in [1.807, 2.05) is 0 Å². The van der Waals surface area contributed by atoms with Gasteiger partial charge >= 0.3 is 0 Å². The van der Waals surface area contributed by atoms with Crippen molar-refractivity contribution in [2.45, 2.75) is 21.6 Å². The molecule has 0 aliphatic heterocycles. The van der Waals surface area contributed by atoms with Crippen molar-refractivity contribution in [1.82, 2.24) is 10.0 Å². The van der Waals surface area contributed by atoms with E-state index in [1.165, 1.54) is 37.3 Å². The van der Waals surface area contributed by atoms with Crippen molar-refractivity contribution in [3.63, 3.8) is 0 Å². The molecule has 0 atom stereocenters. The first-order valence-electron chi connectivity index (χ1n) is 7.38. The predicted molar refractivity (Wildman–Crippen MR) is 92.2 cm³/mol. The number of benzene rings is 2. The molecule has 0 aliphatic carbocycles. The second-order valence-electron chi connectivity index (χ2n) is 5.17. The molecule has 0 saturated carbocycles. The quantitative estimate of drug-likeness (QED) is 0.693. The summed E-state index contributed by atoms with van der Waals surface area (Å²) in [6.45, 7) is 1.46. The Morgan fingerprint density at radius 3 is 2.08 bits per heavy atom. The van der Waals surface area contributed by atoms with Crippen LogP contribution in [0.5, 0.6) is 0 Å². The minimum atomic E-state index is -3.89. The molecular formula is C16H18N2O5S2. The molecular weight excluding hydrogens is 364 g/mol. The van der Waals surface area contributed by atoms with Gasteiger partial charge in [0.2, 0.25) is 25.8 Å². The Morgan fingerprint density at radius 2 is 1.44 bits per heavy atom. The molecule has 2 rings (SSSR count). The van der Waals surface area contributed by atoms with Crippen LogP contribution >= 0.6 is 0 Å². The molecule has 0 aliphatic rings. The van der Waals surface area contributed by atoms with Gasteiger partial charge < -0.3 is 5.32 Å². The molecule has 0 heterocycles. The second kappa shape index (κ2) is 7.77. The van der Waals surface area contributed by atoms with E-state index in [1.54, 1.807) is 18.2 Å². The molecule has 2 N–H and O–H groups in total. The van der Waals surface area contributed by atoms with Crippen molar-refractivity contribution >= 4 is 25.8 Å². The van der Waals surface area contributed by atoms with Gasteiger partial charge in [0.25, 0.3) is 0 Å². The summed E-state index contributed by atoms with van der Waals surface area (Å²) >= 11 is 0. The lowest BCUT2D eigenvalue weighted by Gasteiger charge is -2.09. The Hall–Kier alpha value is -2.23. The highest BCUT2D eigenvalue weighted by Crippen LogP contribution is 2.22. The largest absolute Gasteiger partial charge is 0.355 e. The summed E-state index contributed by atoms with van der Waals surface area (Å²) < 4.78 is 52.0. The van der Waals surface area contributed by atoms with Gasteiger partial charge in [0.15, 0.2) is 0 Å². The summed E-state index contributed by atoms with van der Waals surface area (Å²) in [7, 11) is -7.70. The Kier molecular flexibility index (Phi) is 5.93. The van der Waals surface area contributed by atoms with E-state index in [4.69, 9.17) is 0 Å². The fourth-order valence-corrected chi connectivity index (χ4v) is 4.53. The molecule has 9 heteroatoms. The van der Waals surface area contributed by atoms with Gasteiger partial charge in [-0.3, -0.25) is 4.79 Å². The molecule has 25 heavy (non-hydrogen) atoms. The Morgan fingerprint density at radius 1 is 0.840 bits per heavy atom. The summed E-state index contributed by atoms with van der Waals surface area (Å²) in [4.78, 5) is 10.6. The highest BCUT2D eigenvalue weighted by molar-refractivity contribution is 7.91. The van der Waals surface area contributed by atoms with Crippen LogP contribution in [-0.4, -0.2) is 35.8 Å². The average Bonchev–Trinajstić information content (AvgIpc) is 2.59. The summed E-state index contributed by atoms with van der Waals surface area (Å²) in [5.74, 6) is -0.268. The first kappa shape index (κ1) is 19.1. The molecule has 0 unspecified atom stereocenters. The van der Waals surface area contributed by atoms with E-state index < -0.39 is 19.9 Å². The van der Waals surface area contributed by atoms with Crippen LogP contribution in [0, 0.1) is 0 Å². The smallest absolute Gasteiger partial charge is 0.240 e. The molecule has 2 aromatic carbocycles. The van der Waals surface area contributed by atoms with Crippen LogP contribution < -0.4 is 10.0 Å². The predicted octanol–water partition coefficient (Wildman–Crippen LogP) is 0.934. The maximum atomic E-state index is 12.6. The molecule has 0 fully saturated rings. The Labute approximate surface area is 147 Å². The van der Waals surface area contributed by atoms with Crippen LogP contribution in [0.3, 0.4) is 0 Å². The van der Waals surface area contributed by atoms with Crippen molar-refractivity contribution in [3.05, 3.63) is 54.6 Å². The number of sulfonamides is 1. The van der Waals surface area contributed by atoms with Crippen molar-refractivity contribution in [3.8, 4) is 0 Å². The summed E-state index contributed by atoms with van der Waals surface area (Å²) in [5, 5.41) is 2.46. The lowest BCUT2D eigenvalue weighted by atomic mass is 10.4. The summed E-state index contributed by atoms with van der Waals surface area (Å²) in [6.07, 6.45) is 0. The van der Waals surface area contributed by atoms with Crippen molar-refractivity contribution in [2.75, 3.05) is 13.1 Å². The number of carbonyl (C=O) groups is 1. The minimum absolute atomic E-state index is 0.00240. The van der Waals surface area contributed by atoms with Gasteiger partial charge in [0.05, 0.1) is 14.7 Å². The third-order valence-corrected chi connectivity index (χ3v) is 6.50. The maximum Gasteiger partial charge on any atom is 0.240 e. The van der Waals surface area contributed by atoms with Crippen molar-refractivity contribution < 1.29 is 21.6 Å². The van der Waals surface area contributed by atoms with Gasteiger partial charge in [-0.2, -0.15) is 0 Å². The molecule has 2 aromatic rings. The normalized spacial score (nSPS) is 11.9. The van der Waals surface area contributed by atoms with Crippen molar-refractivity contribution in [2.24, 2.45) is 0 Å². The van der Waals surface area contributed by atoms with Gasteiger partial charge in [-0.25, -0.2) is 21.6 Å². The van der Waals surface area contributed by atoms with Crippen LogP contribution in [-0.2, 0) is 24.7 Å². The zero-order chi connectivity index (χ0) is 18.5. The molecule has 7 nitrogen and oxygen atoms in total. The van der Waals surface area contributed by atoms with E-state index in [9.17, 15) is 21.6 Å². The Balaban J connectivity index is 2.25.